The molecule has 2 aromatic rings. The van der Waals surface area contributed by atoms with Gasteiger partial charge in [-0.2, -0.15) is 0 Å². The Morgan fingerprint density at radius 1 is 1.50 bits per heavy atom. The van der Waals surface area contributed by atoms with Crippen molar-refractivity contribution in [2.75, 3.05) is 25.0 Å². The Labute approximate surface area is 153 Å². The molecular weight excluding hydrogens is 393 g/mol. The van der Waals surface area contributed by atoms with Crippen LogP contribution >= 0.6 is 27.3 Å². The van der Waals surface area contributed by atoms with E-state index in [9.17, 15) is 4.39 Å². The highest BCUT2D eigenvalue weighted by atomic mass is 79.9. The van der Waals surface area contributed by atoms with Gasteiger partial charge >= 0.3 is 0 Å². The summed E-state index contributed by atoms with van der Waals surface area (Å²) in [7, 11) is 1.75. The standard InChI is InChI=1S/C16H19BrFN5S/c1-19-16(21-9-12-4-5-14(17)24-12)22-11-6-8-23(10-11)15-13(18)3-2-7-20-15/h2-5,7,11H,6,8-10H2,1H3,(H2,19,21,22). The number of halogens is 2. The second-order valence-corrected chi connectivity index (χ2v) is 8.06. The average Bonchev–Trinajstić information content (AvgIpc) is 3.21. The van der Waals surface area contributed by atoms with E-state index >= 15 is 0 Å². The van der Waals surface area contributed by atoms with E-state index in [1.54, 1.807) is 30.6 Å². The summed E-state index contributed by atoms with van der Waals surface area (Å²) in [6.07, 6.45) is 2.54. The quantitative estimate of drug-likeness (QED) is 0.599. The molecule has 8 heteroatoms. The van der Waals surface area contributed by atoms with E-state index in [1.165, 1.54) is 10.9 Å². The zero-order chi connectivity index (χ0) is 16.9. The van der Waals surface area contributed by atoms with Gasteiger partial charge < -0.3 is 15.5 Å². The van der Waals surface area contributed by atoms with Crippen LogP contribution in [0.4, 0.5) is 10.2 Å². The van der Waals surface area contributed by atoms with E-state index in [-0.39, 0.29) is 11.9 Å². The molecule has 0 bridgehead atoms. The molecule has 1 atom stereocenters. The van der Waals surface area contributed by atoms with Crippen molar-refractivity contribution >= 4 is 39.0 Å². The number of aromatic nitrogens is 1. The molecule has 5 nitrogen and oxygen atoms in total. The van der Waals surface area contributed by atoms with Crippen LogP contribution < -0.4 is 15.5 Å². The van der Waals surface area contributed by atoms with E-state index in [0.717, 1.165) is 29.3 Å². The minimum Gasteiger partial charge on any atom is -0.352 e. The monoisotopic (exact) mass is 411 g/mol. The van der Waals surface area contributed by atoms with Gasteiger partial charge in [-0.3, -0.25) is 4.99 Å². The maximum absolute atomic E-state index is 13.8. The fraction of sp³-hybridized carbons (Fsp3) is 0.375. The van der Waals surface area contributed by atoms with Crippen molar-refractivity contribution in [1.82, 2.24) is 15.6 Å². The molecule has 24 heavy (non-hydrogen) atoms. The Balaban J connectivity index is 1.53. The number of nitrogens with zero attached hydrogens (tertiary/aromatic N) is 3. The molecule has 2 N–H and O–H groups in total. The second kappa shape index (κ2) is 7.94. The van der Waals surface area contributed by atoms with Crippen LogP contribution in [0.25, 0.3) is 0 Å². The zero-order valence-electron chi connectivity index (χ0n) is 13.3. The summed E-state index contributed by atoms with van der Waals surface area (Å²) < 4.78 is 15.0. The van der Waals surface area contributed by atoms with Crippen molar-refractivity contribution < 1.29 is 4.39 Å². The lowest BCUT2D eigenvalue weighted by atomic mass is 10.3. The number of hydrogen-bond acceptors (Lipinski definition) is 4. The molecule has 3 heterocycles. The van der Waals surface area contributed by atoms with Gasteiger partial charge in [-0.1, -0.05) is 0 Å². The van der Waals surface area contributed by atoms with Crippen LogP contribution in [0.15, 0.2) is 39.2 Å². The Kier molecular flexibility index (Phi) is 5.68. The first kappa shape index (κ1) is 17.2. The van der Waals surface area contributed by atoms with Crippen molar-refractivity contribution in [2.45, 2.75) is 19.0 Å². The molecule has 1 aliphatic rings. The third kappa shape index (κ3) is 4.24. The van der Waals surface area contributed by atoms with Crippen molar-refractivity contribution in [2.24, 2.45) is 4.99 Å². The molecule has 0 saturated carbocycles. The van der Waals surface area contributed by atoms with Crippen LogP contribution in [0.2, 0.25) is 0 Å². The molecule has 0 amide bonds. The first-order valence-electron chi connectivity index (χ1n) is 7.72. The predicted molar refractivity (Wildman–Crippen MR) is 100 cm³/mol. The molecular formula is C16H19BrFN5S. The van der Waals surface area contributed by atoms with Crippen LogP contribution in [0.5, 0.6) is 0 Å². The van der Waals surface area contributed by atoms with E-state index in [4.69, 9.17) is 0 Å². The number of rotatable bonds is 4. The van der Waals surface area contributed by atoms with Gasteiger partial charge in [0, 0.05) is 37.3 Å². The second-order valence-electron chi connectivity index (χ2n) is 5.52. The largest absolute Gasteiger partial charge is 0.352 e. The molecule has 1 fully saturated rings. The van der Waals surface area contributed by atoms with Crippen LogP contribution in [0.3, 0.4) is 0 Å². The minimum absolute atomic E-state index is 0.215. The number of guanidine groups is 1. The Morgan fingerprint density at radius 2 is 2.38 bits per heavy atom. The van der Waals surface area contributed by atoms with Gasteiger partial charge in [0.2, 0.25) is 0 Å². The molecule has 128 valence electrons. The fourth-order valence-corrected chi connectivity index (χ4v) is 4.11. The van der Waals surface area contributed by atoms with E-state index < -0.39 is 0 Å². The molecule has 1 saturated heterocycles. The van der Waals surface area contributed by atoms with Crippen LogP contribution in [0.1, 0.15) is 11.3 Å². The third-order valence-electron chi connectivity index (χ3n) is 3.85. The lowest BCUT2D eigenvalue weighted by molar-refractivity contribution is 0.612. The Morgan fingerprint density at radius 3 is 3.08 bits per heavy atom. The van der Waals surface area contributed by atoms with Crippen LogP contribution in [-0.2, 0) is 6.54 Å². The third-order valence-corrected chi connectivity index (χ3v) is 5.47. The van der Waals surface area contributed by atoms with Crippen LogP contribution in [-0.4, -0.2) is 37.1 Å². The Bertz CT molecular complexity index is 720. The first-order valence-corrected chi connectivity index (χ1v) is 9.33. The summed E-state index contributed by atoms with van der Waals surface area (Å²) in [6, 6.07) is 7.39. The molecule has 1 unspecified atom stereocenters. The number of thiophene rings is 1. The van der Waals surface area contributed by atoms with Crippen molar-refractivity contribution in [1.29, 1.82) is 0 Å². The molecule has 0 aromatic carbocycles. The molecule has 1 aliphatic heterocycles. The van der Waals surface area contributed by atoms with Gasteiger partial charge in [0.1, 0.15) is 0 Å². The topological polar surface area (TPSA) is 52.6 Å². The first-order chi connectivity index (χ1) is 11.7. The highest BCUT2D eigenvalue weighted by Crippen LogP contribution is 2.22. The number of nitrogens with one attached hydrogen (secondary N) is 2. The van der Waals surface area contributed by atoms with Gasteiger partial charge in [0.25, 0.3) is 0 Å². The zero-order valence-corrected chi connectivity index (χ0v) is 15.7. The predicted octanol–water partition coefficient (Wildman–Crippen LogP) is 2.99. The summed E-state index contributed by atoms with van der Waals surface area (Å²) in [4.78, 5) is 11.6. The maximum atomic E-state index is 13.8. The van der Waals surface area contributed by atoms with Crippen molar-refractivity contribution in [3.05, 3.63) is 44.9 Å². The summed E-state index contributed by atoms with van der Waals surface area (Å²) >= 11 is 5.16. The highest BCUT2D eigenvalue weighted by molar-refractivity contribution is 9.11. The number of aliphatic imine (C=N–C) groups is 1. The van der Waals surface area contributed by atoms with Gasteiger partial charge in [0.15, 0.2) is 17.6 Å². The minimum atomic E-state index is -0.274. The lowest BCUT2D eigenvalue weighted by Crippen LogP contribution is -2.44. The number of pyridine rings is 1. The lowest BCUT2D eigenvalue weighted by Gasteiger charge is -2.19. The average molecular weight is 412 g/mol. The number of hydrogen-bond donors (Lipinski definition) is 2. The number of anilines is 1. The van der Waals surface area contributed by atoms with Crippen molar-refractivity contribution in [3.63, 3.8) is 0 Å². The van der Waals surface area contributed by atoms with Crippen LogP contribution in [0, 0.1) is 5.82 Å². The smallest absolute Gasteiger partial charge is 0.191 e. The fourth-order valence-electron chi connectivity index (χ4n) is 2.69. The summed E-state index contributed by atoms with van der Waals surface area (Å²) in [6.45, 7) is 2.21. The molecule has 2 aromatic heterocycles. The van der Waals surface area contributed by atoms with Gasteiger partial charge in [0.05, 0.1) is 10.3 Å². The molecule has 3 rings (SSSR count). The molecule has 0 aliphatic carbocycles. The van der Waals surface area contributed by atoms with E-state index in [0.29, 0.717) is 12.4 Å². The SMILES string of the molecule is CN=C(NCc1ccc(Br)s1)NC1CCN(c2ncccc2F)C1. The molecule has 0 radical (unpaired) electrons. The van der Waals surface area contributed by atoms with E-state index in [1.807, 2.05) is 11.0 Å². The summed E-state index contributed by atoms with van der Waals surface area (Å²) in [5, 5.41) is 6.71. The van der Waals surface area contributed by atoms with E-state index in [2.05, 4.69) is 42.6 Å². The van der Waals surface area contributed by atoms with Gasteiger partial charge in [-0.05, 0) is 46.6 Å². The maximum Gasteiger partial charge on any atom is 0.191 e. The summed E-state index contributed by atoms with van der Waals surface area (Å²) in [5.74, 6) is 0.907. The normalized spacial score (nSPS) is 18.0. The molecule has 0 spiro atoms. The van der Waals surface area contributed by atoms with Gasteiger partial charge in [-0.25, -0.2) is 9.37 Å². The van der Waals surface area contributed by atoms with Gasteiger partial charge in [-0.15, -0.1) is 11.3 Å². The summed E-state index contributed by atoms with van der Waals surface area (Å²) in [5.41, 5.74) is 0. The Hall–Kier alpha value is -1.67. The highest BCUT2D eigenvalue weighted by Gasteiger charge is 2.25. The van der Waals surface area contributed by atoms with Crippen molar-refractivity contribution in [3.8, 4) is 0 Å².